The molecule has 0 bridgehead atoms. The second-order valence-corrected chi connectivity index (χ2v) is 12.4. The van der Waals surface area contributed by atoms with Crippen molar-refractivity contribution in [3.05, 3.63) is 29.8 Å². The first kappa shape index (κ1) is 16.8. The van der Waals surface area contributed by atoms with Crippen LogP contribution in [0, 0.1) is 0 Å². The average molecular weight is 296 g/mol. The molecule has 108 valence electrons. The Morgan fingerprint density at radius 2 is 1.74 bits per heavy atom. The predicted octanol–water partition coefficient (Wildman–Crippen LogP) is 3.81. The summed E-state index contributed by atoms with van der Waals surface area (Å²) in [4.78, 5) is 2.49. The van der Waals surface area contributed by atoms with E-state index in [1.165, 1.54) is 17.7 Å². The largest absolute Gasteiger partial charge is 0.298 e. The molecule has 0 heterocycles. The van der Waals surface area contributed by atoms with E-state index in [-0.39, 0.29) is 0 Å². The molecule has 0 aliphatic heterocycles. The van der Waals surface area contributed by atoms with Crippen molar-refractivity contribution in [2.45, 2.75) is 45.6 Å². The van der Waals surface area contributed by atoms with Crippen LogP contribution in [0.1, 0.15) is 18.9 Å². The van der Waals surface area contributed by atoms with Gasteiger partial charge in [-0.2, -0.15) is 11.8 Å². The Morgan fingerprint density at radius 1 is 1.16 bits per heavy atom. The van der Waals surface area contributed by atoms with Crippen molar-refractivity contribution >= 4 is 25.0 Å². The Hall–Kier alpha value is -0.253. The van der Waals surface area contributed by atoms with Gasteiger partial charge in [0.1, 0.15) is 0 Å². The van der Waals surface area contributed by atoms with E-state index in [1.54, 1.807) is 5.19 Å². The highest BCUT2D eigenvalue weighted by Gasteiger charge is 2.16. The zero-order valence-electron chi connectivity index (χ0n) is 13.4. The molecule has 0 N–H and O–H groups in total. The molecular formula is C16H29NSSi. The zero-order valence-corrected chi connectivity index (χ0v) is 15.2. The fourth-order valence-electron chi connectivity index (χ4n) is 2.28. The quantitative estimate of drug-likeness (QED) is 0.704. The fourth-order valence-corrected chi connectivity index (χ4v) is 4.32. The second kappa shape index (κ2) is 7.51. The minimum absolute atomic E-state index is 0.687. The Balaban J connectivity index is 2.67. The summed E-state index contributed by atoms with van der Waals surface area (Å²) in [6, 6.07) is 9.99. The van der Waals surface area contributed by atoms with Crippen LogP contribution in [0.15, 0.2) is 24.3 Å². The lowest BCUT2D eigenvalue weighted by molar-refractivity contribution is 0.248. The summed E-state index contributed by atoms with van der Waals surface area (Å²) >= 11 is 1.94. The van der Waals surface area contributed by atoms with Crippen molar-refractivity contribution in [2.75, 3.05) is 19.1 Å². The first-order chi connectivity index (χ1) is 8.88. The molecule has 0 amide bonds. The monoisotopic (exact) mass is 295 g/mol. The summed E-state index contributed by atoms with van der Waals surface area (Å²) in [5.41, 5.74) is 1.43. The van der Waals surface area contributed by atoms with E-state index >= 15 is 0 Å². The minimum atomic E-state index is -1.15. The molecule has 1 rings (SSSR count). The zero-order chi connectivity index (χ0) is 14.5. The maximum Gasteiger partial charge on any atom is 0.0775 e. The molecule has 0 saturated heterocycles. The third-order valence-electron chi connectivity index (χ3n) is 3.71. The molecule has 1 atom stereocenters. The molecule has 1 aromatic rings. The number of hydrogen-bond acceptors (Lipinski definition) is 2. The van der Waals surface area contributed by atoms with E-state index < -0.39 is 8.07 Å². The maximum absolute atomic E-state index is 2.49. The van der Waals surface area contributed by atoms with Gasteiger partial charge in [-0.15, -0.1) is 0 Å². The third-order valence-corrected chi connectivity index (χ3v) is 6.49. The summed E-state index contributed by atoms with van der Waals surface area (Å²) in [5, 5.41) is 1.55. The van der Waals surface area contributed by atoms with Crippen LogP contribution in [-0.4, -0.2) is 38.1 Å². The van der Waals surface area contributed by atoms with Crippen molar-refractivity contribution < 1.29 is 0 Å². The highest BCUT2D eigenvalue weighted by Crippen LogP contribution is 2.12. The van der Waals surface area contributed by atoms with Crippen molar-refractivity contribution in [2.24, 2.45) is 0 Å². The Labute approximate surface area is 124 Å². The summed E-state index contributed by atoms with van der Waals surface area (Å²) < 4.78 is 0. The predicted molar refractivity (Wildman–Crippen MR) is 93.4 cm³/mol. The number of nitrogens with zero attached hydrogens (tertiary/aromatic N) is 1. The summed E-state index contributed by atoms with van der Waals surface area (Å²) in [6.07, 6.45) is 3.42. The van der Waals surface area contributed by atoms with Crippen LogP contribution in [0.5, 0.6) is 0 Å². The molecule has 0 saturated carbocycles. The normalized spacial score (nSPS) is 13.8. The molecule has 1 nitrogen and oxygen atoms in total. The van der Waals surface area contributed by atoms with Crippen molar-refractivity contribution in [3.63, 3.8) is 0 Å². The SMILES string of the molecule is CCC(CSC)N(C)Cc1ccc([Si](C)(C)C)cc1. The minimum Gasteiger partial charge on any atom is -0.298 e. The van der Waals surface area contributed by atoms with Crippen LogP contribution in [0.25, 0.3) is 0 Å². The lowest BCUT2D eigenvalue weighted by Gasteiger charge is -2.27. The lowest BCUT2D eigenvalue weighted by Crippen LogP contribution is -2.37. The van der Waals surface area contributed by atoms with Gasteiger partial charge < -0.3 is 0 Å². The molecule has 0 radical (unpaired) electrons. The van der Waals surface area contributed by atoms with Gasteiger partial charge in [0, 0.05) is 18.3 Å². The van der Waals surface area contributed by atoms with E-state index in [0.29, 0.717) is 6.04 Å². The molecule has 0 spiro atoms. The van der Waals surface area contributed by atoms with Gasteiger partial charge in [-0.3, -0.25) is 4.90 Å². The van der Waals surface area contributed by atoms with E-state index in [2.05, 4.69) is 69.0 Å². The van der Waals surface area contributed by atoms with Gasteiger partial charge in [0.2, 0.25) is 0 Å². The van der Waals surface area contributed by atoms with Crippen LogP contribution < -0.4 is 5.19 Å². The number of benzene rings is 1. The van der Waals surface area contributed by atoms with Crippen LogP contribution in [0.2, 0.25) is 19.6 Å². The molecule has 1 unspecified atom stereocenters. The standard InChI is InChI=1S/C16H29NSSi/c1-7-15(13-18-3)17(2)12-14-8-10-16(11-9-14)19(4,5)6/h8-11,15H,7,12-13H2,1-6H3. The lowest BCUT2D eigenvalue weighted by atomic mass is 10.1. The first-order valence-electron chi connectivity index (χ1n) is 7.17. The summed E-state index contributed by atoms with van der Waals surface area (Å²) in [5.74, 6) is 1.22. The van der Waals surface area contributed by atoms with Crippen LogP contribution in [0.3, 0.4) is 0 Å². The Kier molecular flexibility index (Phi) is 6.64. The summed E-state index contributed by atoms with van der Waals surface area (Å²) in [7, 11) is 1.09. The van der Waals surface area contributed by atoms with Crippen molar-refractivity contribution in [1.82, 2.24) is 4.90 Å². The fraction of sp³-hybridized carbons (Fsp3) is 0.625. The van der Waals surface area contributed by atoms with Crippen molar-refractivity contribution in [3.8, 4) is 0 Å². The van der Waals surface area contributed by atoms with Gasteiger partial charge in [-0.25, -0.2) is 0 Å². The van der Waals surface area contributed by atoms with Gasteiger partial charge in [0.25, 0.3) is 0 Å². The molecule has 0 fully saturated rings. The average Bonchev–Trinajstić information content (AvgIpc) is 2.35. The molecule has 1 aromatic carbocycles. The van der Waals surface area contributed by atoms with Crippen molar-refractivity contribution in [1.29, 1.82) is 0 Å². The Bertz CT molecular complexity index is 369. The highest BCUT2D eigenvalue weighted by molar-refractivity contribution is 7.98. The second-order valence-electron chi connectivity index (χ2n) is 6.38. The van der Waals surface area contributed by atoms with Gasteiger partial charge in [0.15, 0.2) is 0 Å². The molecule has 0 aromatic heterocycles. The van der Waals surface area contributed by atoms with Gasteiger partial charge in [-0.1, -0.05) is 56.0 Å². The van der Waals surface area contributed by atoms with Gasteiger partial charge in [0.05, 0.1) is 8.07 Å². The number of hydrogen-bond donors (Lipinski definition) is 0. The van der Waals surface area contributed by atoms with E-state index in [4.69, 9.17) is 0 Å². The van der Waals surface area contributed by atoms with Crippen LogP contribution in [0.4, 0.5) is 0 Å². The van der Waals surface area contributed by atoms with E-state index in [9.17, 15) is 0 Å². The molecule has 0 aliphatic carbocycles. The maximum atomic E-state index is 2.49. The molecule has 3 heteroatoms. The highest BCUT2D eigenvalue weighted by atomic mass is 32.2. The van der Waals surface area contributed by atoms with Gasteiger partial charge in [-0.05, 0) is 25.3 Å². The van der Waals surface area contributed by atoms with E-state index in [1.807, 2.05) is 11.8 Å². The Morgan fingerprint density at radius 3 is 2.16 bits per heavy atom. The molecular weight excluding hydrogens is 266 g/mol. The van der Waals surface area contributed by atoms with Crippen LogP contribution >= 0.6 is 11.8 Å². The molecule has 19 heavy (non-hydrogen) atoms. The molecule has 0 aliphatic rings. The smallest absolute Gasteiger partial charge is 0.0775 e. The number of rotatable bonds is 7. The topological polar surface area (TPSA) is 3.24 Å². The summed E-state index contributed by atoms with van der Waals surface area (Å²) in [6.45, 7) is 10.6. The number of thioether (sulfide) groups is 1. The van der Waals surface area contributed by atoms with Gasteiger partial charge >= 0.3 is 0 Å². The van der Waals surface area contributed by atoms with Crippen LogP contribution in [-0.2, 0) is 6.54 Å². The third kappa shape index (κ3) is 5.33. The first-order valence-corrected chi connectivity index (χ1v) is 12.1. The van der Waals surface area contributed by atoms with E-state index in [0.717, 1.165) is 6.54 Å².